The molecule has 0 saturated heterocycles. The number of methoxy groups -OCH3 is 2. The zero-order valence-corrected chi connectivity index (χ0v) is 17.1. The number of nitriles is 1. The van der Waals surface area contributed by atoms with Gasteiger partial charge in [0.2, 0.25) is 0 Å². The van der Waals surface area contributed by atoms with Crippen molar-refractivity contribution in [1.82, 2.24) is 14.6 Å². The molecule has 2 aromatic heterocycles. The summed E-state index contributed by atoms with van der Waals surface area (Å²) in [6, 6.07) is 8.11. The van der Waals surface area contributed by atoms with Gasteiger partial charge < -0.3 is 0 Å². The van der Waals surface area contributed by atoms with Gasteiger partial charge >= 0.3 is 153 Å². The zero-order valence-electron chi connectivity index (χ0n) is 15.0. The first-order chi connectivity index (χ1) is 11.9. The number of benzene rings is 1. The topological polar surface area (TPSA) is 75.3 Å². The van der Waals surface area contributed by atoms with Crippen molar-refractivity contribution in [1.29, 1.82) is 5.26 Å². The third kappa shape index (κ3) is 3.12. The van der Waals surface area contributed by atoms with E-state index in [9.17, 15) is 5.26 Å². The summed E-state index contributed by atoms with van der Waals surface area (Å²) in [7, 11) is 3.31. The number of fused-ring (bicyclic) bond motifs is 1. The van der Waals surface area contributed by atoms with Gasteiger partial charge in [-0.2, -0.15) is 0 Å². The molecular weight excluding hydrogens is 379 g/mol. The minimum atomic E-state index is -0.748. The molecule has 0 bridgehead atoms. The Morgan fingerprint density at radius 1 is 1.24 bits per heavy atom. The molecule has 3 rings (SSSR count). The molecule has 1 atom stereocenters. The van der Waals surface area contributed by atoms with Crippen LogP contribution < -0.4 is 18.3 Å². The molecular formula is C18H21AsN4O2. The van der Waals surface area contributed by atoms with E-state index < -0.39 is 15.8 Å². The van der Waals surface area contributed by atoms with E-state index in [1.807, 2.05) is 16.6 Å². The fourth-order valence-corrected chi connectivity index (χ4v) is 5.92. The number of nitrogens with one attached hydrogen (secondary N) is 1. The molecule has 3 aromatic rings. The summed E-state index contributed by atoms with van der Waals surface area (Å²) in [5.74, 6) is 1.59. The standard InChI is InChI=1S/C18H21AsN4O2/c1-18(2,3)15-16(23-17(22-15)11(9-20)10-21-23)19-13-7-6-12(24-4)8-14(13)25-5/h6-8,10,19,21H,1-5H3. The summed E-state index contributed by atoms with van der Waals surface area (Å²) in [6.07, 6.45) is 1.70. The molecule has 6 nitrogen and oxygen atoms in total. The average molecular weight is 400 g/mol. The Morgan fingerprint density at radius 3 is 2.60 bits per heavy atom. The summed E-state index contributed by atoms with van der Waals surface area (Å²) in [5.41, 5.74) is 2.16. The van der Waals surface area contributed by atoms with Gasteiger partial charge in [0.25, 0.3) is 0 Å². The van der Waals surface area contributed by atoms with E-state index in [4.69, 9.17) is 14.5 Å². The molecule has 1 aromatic carbocycles. The van der Waals surface area contributed by atoms with Crippen molar-refractivity contribution in [3.63, 3.8) is 0 Å². The number of rotatable bonds is 4. The Morgan fingerprint density at radius 2 is 2.00 bits per heavy atom. The van der Waals surface area contributed by atoms with Gasteiger partial charge in [0.1, 0.15) is 0 Å². The maximum atomic E-state index is 9.31. The molecule has 1 N–H and O–H groups in total. The van der Waals surface area contributed by atoms with Crippen LogP contribution in [0.2, 0.25) is 0 Å². The first kappa shape index (κ1) is 17.4. The fraction of sp³-hybridized carbons (Fsp3) is 0.333. The van der Waals surface area contributed by atoms with Crippen molar-refractivity contribution in [2.75, 3.05) is 14.2 Å². The molecule has 2 heterocycles. The first-order valence-corrected chi connectivity index (χ1v) is 9.98. The third-order valence-electron chi connectivity index (χ3n) is 3.95. The van der Waals surface area contributed by atoms with Crippen LogP contribution in [-0.2, 0) is 5.41 Å². The van der Waals surface area contributed by atoms with Crippen LogP contribution in [-0.4, -0.2) is 44.6 Å². The van der Waals surface area contributed by atoms with Crippen LogP contribution in [0, 0.1) is 11.3 Å². The average Bonchev–Trinajstić information content (AvgIpc) is 3.14. The first-order valence-electron chi connectivity index (χ1n) is 7.88. The van der Waals surface area contributed by atoms with Crippen molar-refractivity contribution >= 4 is 30.2 Å². The van der Waals surface area contributed by atoms with Gasteiger partial charge in [-0.3, -0.25) is 0 Å². The van der Waals surface area contributed by atoms with Gasteiger partial charge in [-0.15, -0.1) is 0 Å². The number of hydrogen-bond donors (Lipinski definition) is 1. The Bertz CT molecular complexity index is 960. The molecule has 0 aliphatic heterocycles. The van der Waals surface area contributed by atoms with Crippen LogP contribution in [0.5, 0.6) is 11.5 Å². The number of hydrogen-bond acceptors (Lipinski definition) is 4. The summed E-state index contributed by atoms with van der Waals surface area (Å²) in [5, 5.41) is 12.5. The number of imidazole rings is 1. The van der Waals surface area contributed by atoms with Gasteiger partial charge in [0.05, 0.1) is 0 Å². The second-order valence-corrected chi connectivity index (χ2v) is 9.36. The fourth-order valence-electron chi connectivity index (χ4n) is 2.67. The van der Waals surface area contributed by atoms with E-state index in [-0.39, 0.29) is 5.41 Å². The molecule has 1 unspecified atom stereocenters. The van der Waals surface area contributed by atoms with Crippen molar-refractivity contribution in [3.05, 3.63) is 35.7 Å². The van der Waals surface area contributed by atoms with E-state index >= 15 is 0 Å². The maximum absolute atomic E-state index is 9.31. The Hall–Kier alpha value is -2.38. The summed E-state index contributed by atoms with van der Waals surface area (Å²) < 4.78 is 15.1. The summed E-state index contributed by atoms with van der Waals surface area (Å²) in [4.78, 5) is 4.78. The minimum absolute atomic E-state index is 0.113. The van der Waals surface area contributed by atoms with E-state index in [0.717, 1.165) is 26.0 Å². The van der Waals surface area contributed by atoms with Crippen LogP contribution in [0.4, 0.5) is 0 Å². The van der Waals surface area contributed by atoms with Crippen molar-refractivity contribution in [3.8, 4) is 17.6 Å². The molecule has 0 aliphatic carbocycles. The molecule has 130 valence electrons. The van der Waals surface area contributed by atoms with Gasteiger partial charge in [-0.25, -0.2) is 0 Å². The van der Waals surface area contributed by atoms with Crippen molar-refractivity contribution in [2.24, 2.45) is 0 Å². The zero-order chi connectivity index (χ0) is 18.2. The Kier molecular flexibility index (Phi) is 4.53. The Balaban J connectivity index is 2.15. The van der Waals surface area contributed by atoms with Crippen LogP contribution in [0.3, 0.4) is 0 Å². The third-order valence-corrected chi connectivity index (χ3v) is 6.84. The monoisotopic (exact) mass is 400 g/mol. The van der Waals surface area contributed by atoms with Crippen LogP contribution >= 0.6 is 0 Å². The summed E-state index contributed by atoms with van der Waals surface area (Å²) >= 11 is -0.748. The van der Waals surface area contributed by atoms with Crippen molar-refractivity contribution in [2.45, 2.75) is 26.2 Å². The van der Waals surface area contributed by atoms with Crippen LogP contribution in [0.1, 0.15) is 32.0 Å². The van der Waals surface area contributed by atoms with Crippen molar-refractivity contribution < 1.29 is 9.47 Å². The predicted octanol–water partition coefficient (Wildman–Crippen LogP) is 1.24. The van der Waals surface area contributed by atoms with E-state index in [1.54, 1.807) is 20.4 Å². The number of aromatic nitrogens is 3. The number of H-pyrrole nitrogens is 1. The Labute approximate surface area is 153 Å². The quantitative estimate of drug-likeness (QED) is 0.669. The van der Waals surface area contributed by atoms with Crippen LogP contribution in [0.15, 0.2) is 24.4 Å². The molecule has 7 heteroatoms. The van der Waals surface area contributed by atoms with Gasteiger partial charge in [-0.05, 0) is 0 Å². The molecule has 0 saturated carbocycles. The van der Waals surface area contributed by atoms with E-state index in [0.29, 0.717) is 11.2 Å². The molecule has 0 aliphatic rings. The van der Waals surface area contributed by atoms with Gasteiger partial charge in [0.15, 0.2) is 0 Å². The number of ether oxygens (including phenoxy) is 2. The summed E-state index contributed by atoms with van der Waals surface area (Å²) in [6.45, 7) is 6.42. The van der Waals surface area contributed by atoms with Gasteiger partial charge in [0, 0.05) is 0 Å². The van der Waals surface area contributed by atoms with E-state index in [2.05, 4.69) is 38.0 Å². The second kappa shape index (κ2) is 6.49. The van der Waals surface area contributed by atoms with Crippen LogP contribution in [0.25, 0.3) is 5.65 Å². The normalized spacial score (nSPS) is 12.0. The van der Waals surface area contributed by atoms with E-state index in [1.165, 1.54) is 0 Å². The number of aromatic amines is 1. The SMILES string of the molecule is COc1ccc([AsH]c2c(C(C)(C)C)nc3c(C#N)c[nH]n23)c(OC)c1. The molecule has 0 spiro atoms. The van der Waals surface area contributed by atoms with Gasteiger partial charge in [-0.1, -0.05) is 0 Å². The second-order valence-electron chi connectivity index (χ2n) is 6.71. The number of nitrogens with zero attached hydrogens (tertiary/aromatic N) is 3. The predicted molar refractivity (Wildman–Crippen MR) is 98.9 cm³/mol. The molecule has 25 heavy (non-hydrogen) atoms. The molecule has 0 amide bonds. The molecule has 0 fully saturated rings. The molecule has 0 radical (unpaired) electrons.